The highest BCUT2D eigenvalue weighted by atomic mass is 16.4. The molecular weight excluding hydrogens is 282 g/mol. The number of rotatable bonds is 9. The summed E-state index contributed by atoms with van der Waals surface area (Å²) < 4.78 is 0. The summed E-state index contributed by atoms with van der Waals surface area (Å²) in [5.41, 5.74) is 0.422. The summed E-state index contributed by atoms with van der Waals surface area (Å²) in [7, 11) is 0. The Hall–Kier alpha value is -2.11. The first-order valence-corrected chi connectivity index (χ1v) is 7.75. The van der Waals surface area contributed by atoms with E-state index in [4.69, 9.17) is 5.11 Å². The van der Waals surface area contributed by atoms with Crippen LogP contribution in [0.3, 0.4) is 0 Å². The van der Waals surface area contributed by atoms with E-state index < -0.39 is 5.97 Å². The number of hydrogen-bond donors (Lipinski definition) is 1. The maximum Gasteiger partial charge on any atom is 0.323 e. The van der Waals surface area contributed by atoms with E-state index in [2.05, 4.69) is 23.7 Å². The number of nitrogens with zero attached hydrogens (tertiary/aromatic N) is 3. The van der Waals surface area contributed by atoms with Gasteiger partial charge >= 0.3 is 5.97 Å². The minimum atomic E-state index is -1.01. The number of anilines is 1. The first kappa shape index (κ1) is 17.9. The van der Waals surface area contributed by atoms with Crippen LogP contribution in [0.25, 0.3) is 0 Å². The lowest BCUT2D eigenvalue weighted by molar-refractivity contribution is -0.137. The molecule has 1 heterocycles. The quantitative estimate of drug-likeness (QED) is 0.757. The molecule has 0 unspecified atom stereocenters. The van der Waals surface area contributed by atoms with Gasteiger partial charge in [-0.15, -0.1) is 0 Å². The lowest BCUT2D eigenvalue weighted by Gasteiger charge is -2.22. The summed E-state index contributed by atoms with van der Waals surface area (Å²) in [5.74, 6) is -0.463. The third-order valence-corrected chi connectivity index (χ3v) is 3.30. The molecule has 1 aromatic heterocycles. The van der Waals surface area contributed by atoms with Crippen LogP contribution in [0, 0.1) is 0 Å². The molecule has 1 amide bonds. The fourth-order valence-corrected chi connectivity index (χ4v) is 2.27. The van der Waals surface area contributed by atoms with Gasteiger partial charge in [0.05, 0.1) is 5.56 Å². The first-order chi connectivity index (χ1) is 10.5. The Balaban J connectivity index is 2.87. The average Bonchev–Trinajstić information content (AvgIpc) is 2.51. The number of hydrogen-bond acceptors (Lipinski definition) is 4. The van der Waals surface area contributed by atoms with Gasteiger partial charge in [0.15, 0.2) is 0 Å². The number of carboxylic acid groups (broad SMARTS) is 1. The molecule has 1 N–H and O–H groups in total. The molecule has 6 nitrogen and oxygen atoms in total. The highest BCUT2D eigenvalue weighted by Gasteiger charge is 2.18. The van der Waals surface area contributed by atoms with E-state index in [0.29, 0.717) is 18.5 Å². The van der Waals surface area contributed by atoms with Crippen LogP contribution in [0.5, 0.6) is 0 Å². The number of pyridine rings is 1. The predicted octanol–water partition coefficient (Wildman–Crippen LogP) is 2.25. The molecule has 0 saturated carbocycles. The van der Waals surface area contributed by atoms with Gasteiger partial charge in [0.2, 0.25) is 0 Å². The van der Waals surface area contributed by atoms with Gasteiger partial charge in [-0.1, -0.05) is 13.8 Å². The van der Waals surface area contributed by atoms with Gasteiger partial charge < -0.3 is 14.9 Å². The summed E-state index contributed by atoms with van der Waals surface area (Å²) in [5, 5.41) is 8.90. The molecule has 0 aliphatic heterocycles. The molecule has 22 heavy (non-hydrogen) atoms. The van der Waals surface area contributed by atoms with Crippen LogP contribution >= 0.6 is 0 Å². The SMILES string of the molecule is CCCN(CC(=O)O)C(=O)c1ccc(N(CC)CCC)nc1. The normalized spacial score (nSPS) is 10.3. The molecule has 0 aliphatic carbocycles. The van der Waals surface area contributed by atoms with Gasteiger partial charge in [-0.05, 0) is 31.9 Å². The molecule has 0 spiro atoms. The first-order valence-electron chi connectivity index (χ1n) is 7.75. The van der Waals surface area contributed by atoms with Gasteiger partial charge in [-0.3, -0.25) is 9.59 Å². The van der Waals surface area contributed by atoms with Gasteiger partial charge in [0, 0.05) is 25.8 Å². The minimum absolute atomic E-state index is 0.286. The Labute approximate surface area is 131 Å². The van der Waals surface area contributed by atoms with Crippen molar-refractivity contribution in [2.45, 2.75) is 33.6 Å². The Kier molecular flexibility index (Phi) is 7.36. The van der Waals surface area contributed by atoms with Crippen molar-refractivity contribution < 1.29 is 14.7 Å². The minimum Gasteiger partial charge on any atom is -0.480 e. The van der Waals surface area contributed by atoms with Crippen molar-refractivity contribution in [3.63, 3.8) is 0 Å². The molecule has 0 saturated heterocycles. The summed E-state index contributed by atoms with van der Waals surface area (Å²) in [6, 6.07) is 3.53. The molecule has 0 aromatic carbocycles. The molecule has 0 radical (unpaired) electrons. The second kappa shape index (κ2) is 9.02. The van der Waals surface area contributed by atoms with Crippen LogP contribution in [-0.4, -0.2) is 53.0 Å². The van der Waals surface area contributed by atoms with Gasteiger partial charge in [-0.25, -0.2) is 4.98 Å². The van der Waals surface area contributed by atoms with Crippen LogP contribution in [-0.2, 0) is 4.79 Å². The molecule has 1 rings (SSSR count). The third-order valence-electron chi connectivity index (χ3n) is 3.30. The van der Waals surface area contributed by atoms with E-state index in [0.717, 1.165) is 25.3 Å². The smallest absolute Gasteiger partial charge is 0.323 e. The summed E-state index contributed by atoms with van der Waals surface area (Å²) >= 11 is 0. The zero-order valence-corrected chi connectivity index (χ0v) is 13.6. The topological polar surface area (TPSA) is 73.7 Å². The van der Waals surface area contributed by atoms with Crippen LogP contribution in [0.15, 0.2) is 18.3 Å². The molecule has 0 bridgehead atoms. The van der Waals surface area contributed by atoms with Crippen LogP contribution in [0.1, 0.15) is 44.0 Å². The van der Waals surface area contributed by atoms with Crippen molar-refractivity contribution in [1.29, 1.82) is 0 Å². The van der Waals surface area contributed by atoms with E-state index in [1.807, 2.05) is 13.0 Å². The second-order valence-corrected chi connectivity index (χ2v) is 5.11. The molecule has 6 heteroatoms. The zero-order valence-electron chi connectivity index (χ0n) is 13.6. The Morgan fingerprint density at radius 3 is 2.27 bits per heavy atom. The van der Waals surface area contributed by atoms with Crippen molar-refractivity contribution in [3.05, 3.63) is 23.9 Å². The van der Waals surface area contributed by atoms with E-state index in [-0.39, 0.29) is 12.5 Å². The van der Waals surface area contributed by atoms with Crippen LogP contribution in [0.4, 0.5) is 5.82 Å². The van der Waals surface area contributed by atoms with Crippen molar-refractivity contribution in [2.75, 3.05) is 31.1 Å². The summed E-state index contributed by atoms with van der Waals surface area (Å²) in [6.07, 6.45) is 3.27. The van der Waals surface area contributed by atoms with Gasteiger partial charge in [0.25, 0.3) is 5.91 Å². The molecule has 122 valence electrons. The number of carbonyl (C=O) groups is 2. The largest absolute Gasteiger partial charge is 0.480 e. The predicted molar refractivity (Wildman–Crippen MR) is 86.2 cm³/mol. The molecule has 0 atom stereocenters. The van der Waals surface area contributed by atoms with E-state index >= 15 is 0 Å². The van der Waals surface area contributed by atoms with E-state index in [1.165, 1.54) is 11.1 Å². The fourth-order valence-electron chi connectivity index (χ4n) is 2.27. The average molecular weight is 307 g/mol. The number of aliphatic carboxylic acids is 1. The monoisotopic (exact) mass is 307 g/mol. The summed E-state index contributed by atoms with van der Waals surface area (Å²) in [6.45, 7) is 7.98. The van der Waals surface area contributed by atoms with E-state index in [1.54, 1.807) is 6.07 Å². The standard InChI is InChI=1S/C16H25N3O3/c1-4-9-18(6-3)14-8-7-13(11-17-14)16(22)19(10-5-2)12-15(20)21/h7-8,11H,4-6,9-10,12H2,1-3H3,(H,20,21). The lowest BCUT2D eigenvalue weighted by Crippen LogP contribution is -2.36. The van der Waals surface area contributed by atoms with Crippen LogP contribution in [0.2, 0.25) is 0 Å². The maximum absolute atomic E-state index is 12.4. The number of carbonyl (C=O) groups excluding carboxylic acids is 1. The van der Waals surface area contributed by atoms with Crippen molar-refractivity contribution in [1.82, 2.24) is 9.88 Å². The second-order valence-electron chi connectivity index (χ2n) is 5.11. The lowest BCUT2D eigenvalue weighted by atomic mass is 10.2. The van der Waals surface area contributed by atoms with Gasteiger partial charge in [-0.2, -0.15) is 0 Å². The Bertz CT molecular complexity index is 488. The molecule has 1 aromatic rings. The van der Waals surface area contributed by atoms with Crippen LogP contribution < -0.4 is 4.90 Å². The number of carboxylic acids is 1. The molecule has 0 fully saturated rings. The van der Waals surface area contributed by atoms with E-state index in [9.17, 15) is 9.59 Å². The fraction of sp³-hybridized carbons (Fsp3) is 0.562. The third kappa shape index (κ3) is 5.02. The highest BCUT2D eigenvalue weighted by Crippen LogP contribution is 2.13. The highest BCUT2D eigenvalue weighted by molar-refractivity contribution is 5.95. The molecular formula is C16H25N3O3. The molecule has 0 aliphatic rings. The van der Waals surface area contributed by atoms with Crippen molar-refractivity contribution >= 4 is 17.7 Å². The number of amides is 1. The zero-order chi connectivity index (χ0) is 16.5. The Morgan fingerprint density at radius 1 is 1.14 bits per heavy atom. The van der Waals surface area contributed by atoms with Crippen molar-refractivity contribution in [2.24, 2.45) is 0 Å². The maximum atomic E-state index is 12.4. The van der Waals surface area contributed by atoms with Gasteiger partial charge in [0.1, 0.15) is 12.4 Å². The summed E-state index contributed by atoms with van der Waals surface area (Å²) in [4.78, 5) is 31.0. The number of aromatic nitrogens is 1. The Morgan fingerprint density at radius 2 is 1.82 bits per heavy atom. The van der Waals surface area contributed by atoms with Crippen molar-refractivity contribution in [3.8, 4) is 0 Å².